The Bertz CT molecular complexity index is 1460. The molecule has 0 unspecified atom stereocenters. The minimum Gasteiger partial charge on any atom is -0.444 e. The molecule has 2 amide bonds. The van der Waals surface area contributed by atoms with Crippen LogP contribution in [0.15, 0.2) is 24.7 Å². The highest BCUT2D eigenvalue weighted by atomic mass is 32.1. The molecular formula is C25H31N7O4S. The molecule has 0 radical (unpaired) electrons. The number of hydrogen-bond donors (Lipinski definition) is 2. The van der Waals surface area contributed by atoms with E-state index >= 15 is 0 Å². The summed E-state index contributed by atoms with van der Waals surface area (Å²) in [5.74, 6) is -0.327. The maximum absolute atomic E-state index is 13.2. The molecule has 2 N–H and O–H groups in total. The fourth-order valence-corrected chi connectivity index (χ4v) is 5.05. The number of fused-ring (bicyclic) bond motifs is 1. The Morgan fingerprint density at radius 3 is 2.57 bits per heavy atom. The molecule has 196 valence electrons. The molecule has 0 spiro atoms. The number of hydrogen-bond acceptors (Lipinski definition) is 8. The molecule has 0 aliphatic rings. The monoisotopic (exact) mass is 525 g/mol. The van der Waals surface area contributed by atoms with Crippen molar-refractivity contribution in [3.05, 3.63) is 47.3 Å². The zero-order valence-corrected chi connectivity index (χ0v) is 22.8. The number of carbonyl (C=O) groups excluding carboxylic acids is 2. The number of aromatic nitrogens is 5. The number of pyridine rings is 1. The van der Waals surface area contributed by atoms with Crippen molar-refractivity contribution in [2.24, 2.45) is 0 Å². The Kier molecular flexibility index (Phi) is 7.32. The predicted molar refractivity (Wildman–Crippen MR) is 142 cm³/mol. The molecule has 4 heterocycles. The highest BCUT2D eigenvalue weighted by Crippen LogP contribution is 2.35. The number of amides is 2. The first-order chi connectivity index (χ1) is 17.5. The second kappa shape index (κ2) is 10.3. The summed E-state index contributed by atoms with van der Waals surface area (Å²) in [7, 11) is 1.67. The Labute approximate surface area is 218 Å². The van der Waals surface area contributed by atoms with Crippen molar-refractivity contribution in [3.63, 3.8) is 0 Å². The van der Waals surface area contributed by atoms with Crippen LogP contribution in [-0.4, -0.2) is 55.7 Å². The zero-order valence-electron chi connectivity index (χ0n) is 22.0. The van der Waals surface area contributed by atoms with Crippen molar-refractivity contribution in [3.8, 4) is 10.4 Å². The van der Waals surface area contributed by atoms with Gasteiger partial charge in [0.15, 0.2) is 0 Å². The number of nitrogens with one attached hydrogen (secondary N) is 2. The topological polar surface area (TPSA) is 125 Å². The summed E-state index contributed by atoms with van der Waals surface area (Å²) < 4.78 is 14.1. The van der Waals surface area contributed by atoms with E-state index in [1.165, 1.54) is 23.7 Å². The molecule has 0 aliphatic heterocycles. The van der Waals surface area contributed by atoms with Crippen molar-refractivity contribution >= 4 is 39.5 Å². The van der Waals surface area contributed by atoms with Gasteiger partial charge in [0, 0.05) is 24.6 Å². The molecule has 37 heavy (non-hydrogen) atoms. The number of aryl methyl sites for hydroxylation is 2. The molecule has 11 nitrogen and oxygen atoms in total. The van der Waals surface area contributed by atoms with Gasteiger partial charge in [0.05, 0.1) is 58.7 Å². The van der Waals surface area contributed by atoms with Gasteiger partial charge in [0.25, 0.3) is 5.91 Å². The van der Waals surface area contributed by atoms with Crippen LogP contribution >= 0.6 is 11.3 Å². The molecule has 0 aliphatic carbocycles. The van der Waals surface area contributed by atoms with E-state index in [2.05, 4.69) is 25.8 Å². The van der Waals surface area contributed by atoms with Gasteiger partial charge in [-0.1, -0.05) is 0 Å². The van der Waals surface area contributed by atoms with Gasteiger partial charge in [-0.05, 0) is 47.6 Å². The first-order valence-electron chi connectivity index (χ1n) is 11.8. The van der Waals surface area contributed by atoms with E-state index in [0.717, 1.165) is 21.8 Å². The van der Waals surface area contributed by atoms with Gasteiger partial charge in [-0.25, -0.2) is 9.31 Å². The summed E-state index contributed by atoms with van der Waals surface area (Å²) in [4.78, 5) is 31.3. The summed E-state index contributed by atoms with van der Waals surface area (Å²) in [6, 6.07) is 1.64. The van der Waals surface area contributed by atoms with Gasteiger partial charge >= 0.3 is 6.09 Å². The van der Waals surface area contributed by atoms with Crippen LogP contribution in [0.1, 0.15) is 48.2 Å². The van der Waals surface area contributed by atoms with Gasteiger partial charge < -0.3 is 14.8 Å². The van der Waals surface area contributed by atoms with E-state index in [1.807, 2.05) is 24.7 Å². The zero-order chi connectivity index (χ0) is 26.9. The lowest BCUT2D eigenvalue weighted by Gasteiger charge is -2.19. The third-order valence-electron chi connectivity index (χ3n) is 5.56. The van der Waals surface area contributed by atoms with Crippen LogP contribution < -0.4 is 10.6 Å². The largest absolute Gasteiger partial charge is 0.444 e. The number of anilines is 2. The fraction of sp³-hybridized carbons (Fsp3) is 0.400. The van der Waals surface area contributed by atoms with Crippen LogP contribution in [0.5, 0.6) is 0 Å². The predicted octanol–water partition coefficient (Wildman–Crippen LogP) is 4.83. The number of thiazole rings is 1. The molecule has 0 fully saturated rings. The van der Waals surface area contributed by atoms with E-state index in [1.54, 1.807) is 45.4 Å². The van der Waals surface area contributed by atoms with Gasteiger partial charge in [-0.3, -0.25) is 19.8 Å². The lowest BCUT2D eigenvalue weighted by Crippen LogP contribution is -2.27. The summed E-state index contributed by atoms with van der Waals surface area (Å²) >= 11 is 1.47. The molecule has 0 saturated heterocycles. The van der Waals surface area contributed by atoms with Crippen LogP contribution in [0.3, 0.4) is 0 Å². The molecule has 4 aromatic rings. The van der Waals surface area contributed by atoms with Gasteiger partial charge in [0.2, 0.25) is 0 Å². The maximum Gasteiger partial charge on any atom is 0.412 e. The second-order valence-electron chi connectivity index (χ2n) is 9.60. The Morgan fingerprint density at radius 1 is 1.11 bits per heavy atom. The van der Waals surface area contributed by atoms with Crippen LogP contribution in [0, 0.1) is 20.8 Å². The summed E-state index contributed by atoms with van der Waals surface area (Å²) in [5.41, 5.74) is 4.24. The standard InChI is InChI=1S/C25H31N7O4S/c1-14-19(10-17(11-26-14)28-24(34)36-25(4,5)6)29-22(33)18-12-27-32-13-20(37-23(18)32)21-15(2)30-31(16(21)3)8-9-35-7/h10-13H,8-9H2,1-7H3,(H,28,34)(H,29,33). The fourth-order valence-electron chi connectivity index (χ4n) is 3.85. The van der Waals surface area contributed by atoms with Crippen LogP contribution in [0.4, 0.5) is 16.2 Å². The number of rotatable bonds is 7. The summed E-state index contributed by atoms with van der Waals surface area (Å²) in [6.07, 6.45) is 4.36. The average molecular weight is 526 g/mol. The molecule has 0 atom stereocenters. The Hall–Kier alpha value is -3.77. The van der Waals surface area contributed by atoms with Crippen molar-refractivity contribution < 1.29 is 19.1 Å². The number of methoxy groups -OCH3 is 1. The van der Waals surface area contributed by atoms with Gasteiger partial charge in [-0.15, -0.1) is 11.3 Å². The smallest absolute Gasteiger partial charge is 0.412 e. The van der Waals surface area contributed by atoms with Crippen molar-refractivity contribution in [1.82, 2.24) is 24.4 Å². The lowest BCUT2D eigenvalue weighted by atomic mass is 10.2. The minimum atomic E-state index is -0.633. The lowest BCUT2D eigenvalue weighted by molar-refractivity contribution is 0.0635. The van der Waals surface area contributed by atoms with Gasteiger partial charge in [0.1, 0.15) is 10.4 Å². The van der Waals surface area contributed by atoms with Crippen molar-refractivity contribution in [1.29, 1.82) is 0 Å². The van der Waals surface area contributed by atoms with E-state index in [-0.39, 0.29) is 5.91 Å². The van der Waals surface area contributed by atoms with Crippen LogP contribution in [-0.2, 0) is 16.0 Å². The van der Waals surface area contributed by atoms with Crippen molar-refractivity contribution in [2.45, 2.75) is 53.7 Å². The average Bonchev–Trinajstić information content (AvgIpc) is 3.45. The SMILES string of the molecule is COCCn1nc(C)c(-c2cn3ncc(C(=O)Nc4cc(NC(=O)OC(C)(C)C)cnc4C)c3s2)c1C. The molecular weight excluding hydrogens is 494 g/mol. The molecule has 12 heteroatoms. The van der Waals surface area contributed by atoms with Crippen LogP contribution in [0.25, 0.3) is 15.3 Å². The maximum atomic E-state index is 13.2. The highest BCUT2D eigenvalue weighted by Gasteiger charge is 2.21. The summed E-state index contributed by atoms with van der Waals surface area (Å²) in [6.45, 7) is 12.3. The number of nitrogens with zero attached hydrogens (tertiary/aromatic N) is 5. The molecule has 4 aromatic heterocycles. The van der Waals surface area contributed by atoms with Crippen molar-refractivity contribution in [2.75, 3.05) is 24.4 Å². The third-order valence-corrected chi connectivity index (χ3v) is 6.69. The minimum absolute atomic E-state index is 0.327. The van der Waals surface area contributed by atoms with Gasteiger partial charge in [-0.2, -0.15) is 10.2 Å². The highest BCUT2D eigenvalue weighted by molar-refractivity contribution is 7.21. The number of carbonyl (C=O) groups is 2. The third kappa shape index (κ3) is 5.81. The Morgan fingerprint density at radius 2 is 1.86 bits per heavy atom. The van der Waals surface area contributed by atoms with E-state index in [0.29, 0.717) is 40.6 Å². The second-order valence-corrected chi connectivity index (χ2v) is 10.6. The van der Waals surface area contributed by atoms with E-state index in [4.69, 9.17) is 9.47 Å². The normalized spacial score (nSPS) is 11.6. The van der Waals surface area contributed by atoms with E-state index < -0.39 is 11.7 Å². The molecule has 0 saturated carbocycles. The van der Waals surface area contributed by atoms with Crippen LogP contribution in [0.2, 0.25) is 0 Å². The first kappa shape index (κ1) is 26.3. The molecule has 4 rings (SSSR count). The molecule has 0 bridgehead atoms. The summed E-state index contributed by atoms with van der Waals surface area (Å²) in [5, 5.41) is 14.6. The van der Waals surface area contributed by atoms with E-state index in [9.17, 15) is 9.59 Å². The number of ether oxygens (including phenoxy) is 2. The quantitative estimate of drug-likeness (QED) is 0.354. The molecule has 0 aromatic carbocycles. The first-order valence-corrected chi connectivity index (χ1v) is 12.6. The Balaban J connectivity index is 1.56.